The molecule has 1 aliphatic carbocycles. The second kappa shape index (κ2) is 10.6. The number of hydrogen-bond acceptors (Lipinski definition) is 2. The highest BCUT2D eigenvalue weighted by molar-refractivity contribution is 6.24. The first-order valence-corrected chi connectivity index (χ1v) is 17.4. The molecule has 8 aromatic carbocycles. The molecule has 11 rings (SSSR count). The van der Waals surface area contributed by atoms with Crippen LogP contribution in [0, 0.1) is 0 Å². The SMILES string of the molecule is c1ccc2c(c1)CCc1c-2oc2cccc(-c3c4ccccc4c(-c4ccc(-c5ccc6oc7ccccc7c6c5)cc4)c4ccccc34)c12. The van der Waals surface area contributed by atoms with Crippen molar-refractivity contribution in [1.29, 1.82) is 0 Å². The van der Waals surface area contributed by atoms with E-state index < -0.39 is 0 Å². The van der Waals surface area contributed by atoms with Crippen molar-refractivity contribution in [1.82, 2.24) is 0 Å². The average Bonchev–Trinajstić information content (AvgIpc) is 3.76. The maximum atomic E-state index is 6.68. The van der Waals surface area contributed by atoms with E-state index in [0.717, 1.165) is 46.1 Å². The maximum absolute atomic E-state index is 6.68. The lowest BCUT2D eigenvalue weighted by Crippen LogP contribution is -2.01. The zero-order valence-electron chi connectivity index (χ0n) is 27.2. The highest BCUT2D eigenvalue weighted by atomic mass is 16.3. The lowest BCUT2D eigenvalue weighted by atomic mass is 9.83. The Kier molecular flexibility index (Phi) is 5.82. The summed E-state index contributed by atoms with van der Waals surface area (Å²) >= 11 is 0. The minimum absolute atomic E-state index is 0.918. The number of rotatable bonds is 3. The van der Waals surface area contributed by atoms with Gasteiger partial charge in [-0.05, 0) is 97.6 Å². The summed E-state index contributed by atoms with van der Waals surface area (Å²) in [5, 5.41) is 8.54. The fourth-order valence-corrected chi connectivity index (χ4v) is 8.56. The molecule has 50 heavy (non-hydrogen) atoms. The molecule has 0 fully saturated rings. The Morgan fingerprint density at radius 2 is 0.940 bits per heavy atom. The van der Waals surface area contributed by atoms with Gasteiger partial charge in [-0.2, -0.15) is 0 Å². The zero-order chi connectivity index (χ0) is 32.8. The van der Waals surface area contributed by atoms with Gasteiger partial charge in [0.05, 0.1) is 0 Å². The summed E-state index contributed by atoms with van der Waals surface area (Å²) in [6.45, 7) is 0. The van der Waals surface area contributed by atoms with Crippen LogP contribution in [0.15, 0.2) is 167 Å². The second-order valence-electron chi connectivity index (χ2n) is 13.5. The third-order valence-corrected chi connectivity index (χ3v) is 10.8. The molecular weight excluding hydrogens is 609 g/mol. The largest absolute Gasteiger partial charge is 0.456 e. The van der Waals surface area contributed by atoms with Crippen molar-refractivity contribution in [2.75, 3.05) is 0 Å². The molecule has 0 saturated carbocycles. The first kappa shape index (κ1) is 27.6. The smallest absolute Gasteiger partial charge is 0.138 e. The van der Waals surface area contributed by atoms with Crippen LogP contribution in [-0.4, -0.2) is 0 Å². The van der Waals surface area contributed by atoms with E-state index in [1.54, 1.807) is 0 Å². The minimum atomic E-state index is 0.918. The van der Waals surface area contributed by atoms with Crippen LogP contribution in [0.1, 0.15) is 11.1 Å². The quantitative estimate of drug-likeness (QED) is 0.180. The first-order chi connectivity index (χ1) is 24.8. The third-order valence-electron chi connectivity index (χ3n) is 10.8. The molecule has 10 aromatic rings. The Morgan fingerprint density at radius 1 is 0.360 bits per heavy atom. The van der Waals surface area contributed by atoms with E-state index in [1.165, 1.54) is 77.0 Å². The summed E-state index contributed by atoms with van der Waals surface area (Å²) in [6.07, 6.45) is 2.00. The monoisotopic (exact) mass is 638 g/mol. The van der Waals surface area contributed by atoms with Crippen LogP contribution in [0.4, 0.5) is 0 Å². The molecule has 0 saturated heterocycles. The third kappa shape index (κ3) is 3.96. The summed E-state index contributed by atoms with van der Waals surface area (Å²) in [7, 11) is 0. The van der Waals surface area contributed by atoms with E-state index in [4.69, 9.17) is 8.83 Å². The Morgan fingerprint density at radius 3 is 1.72 bits per heavy atom. The van der Waals surface area contributed by atoms with Crippen molar-refractivity contribution in [2.24, 2.45) is 0 Å². The number of hydrogen-bond donors (Lipinski definition) is 0. The van der Waals surface area contributed by atoms with Crippen molar-refractivity contribution in [3.63, 3.8) is 0 Å². The van der Waals surface area contributed by atoms with E-state index in [2.05, 4.69) is 146 Å². The van der Waals surface area contributed by atoms with E-state index in [0.29, 0.717) is 0 Å². The van der Waals surface area contributed by atoms with Gasteiger partial charge in [0, 0.05) is 27.3 Å². The van der Waals surface area contributed by atoms with Crippen molar-refractivity contribution in [3.05, 3.63) is 169 Å². The summed E-state index contributed by atoms with van der Waals surface area (Å²) < 4.78 is 12.8. The van der Waals surface area contributed by atoms with Gasteiger partial charge in [0.25, 0.3) is 0 Å². The number of furan rings is 2. The van der Waals surface area contributed by atoms with E-state index in [1.807, 2.05) is 12.1 Å². The molecular formula is C48H30O2. The number of benzene rings is 8. The molecule has 0 atom stereocenters. The zero-order valence-corrected chi connectivity index (χ0v) is 27.2. The second-order valence-corrected chi connectivity index (χ2v) is 13.5. The summed E-state index contributed by atoms with van der Waals surface area (Å²) in [5.74, 6) is 1.03. The van der Waals surface area contributed by atoms with Crippen LogP contribution in [0.2, 0.25) is 0 Å². The minimum Gasteiger partial charge on any atom is -0.456 e. The van der Waals surface area contributed by atoms with Crippen LogP contribution >= 0.6 is 0 Å². The summed E-state index contributed by atoms with van der Waals surface area (Å²) in [4.78, 5) is 0. The van der Waals surface area contributed by atoms with Gasteiger partial charge < -0.3 is 8.83 Å². The molecule has 2 heterocycles. The van der Waals surface area contributed by atoms with Crippen molar-refractivity contribution in [2.45, 2.75) is 12.8 Å². The van der Waals surface area contributed by atoms with Gasteiger partial charge in [0.1, 0.15) is 22.5 Å². The topological polar surface area (TPSA) is 26.3 Å². The van der Waals surface area contributed by atoms with Crippen molar-refractivity contribution in [3.8, 4) is 44.7 Å². The number of aryl methyl sites for hydroxylation is 2. The predicted octanol–water partition coefficient (Wildman–Crippen LogP) is 13.4. The molecule has 1 aliphatic rings. The Labute approximate surface area is 288 Å². The van der Waals surface area contributed by atoms with Crippen LogP contribution in [-0.2, 0) is 12.8 Å². The fraction of sp³-hybridized carbons (Fsp3) is 0.0417. The molecule has 234 valence electrons. The lowest BCUT2D eigenvalue weighted by Gasteiger charge is -2.19. The summed E-state index contributed by atoms with van der Waals surface area (Å²) in [5.41, 5.74) is 14.0. The maximum Gasteiger partial charge on any atom is 0.138 e. The molecule has 0 amide bonds. The molecule has 0 radical (unpaired) electrons. The van der Waals surface area contributed by atoms with Crippen LogP contribution in [0.5, 0.6) is 0 Å². The van der Waals surface area contributed by atoms with Gasteiger partial charge in [-0.25, -0.2) is 0 Å². The van der Waals surface area contributed by atoms with Gasteiger partial charge in [0.15, 0.2) is 0 Å². The Hall–Kier alpha value is -6.38. The highest BCUT2D eigenvalue weighted by Gasteiger charge is 2.26. The van der Waals surface area contributed by atoms with Gasteiger partial charge in [-0.3, -0.25) is 0 Å². The Bertz CT molecular complexity index is 2920. The van der Waals surface area contributed by atoms with Gasteiger partial charge >= 0.3 is 0 Å². The lowest BCUT2D eigenvalue weighted by molar-refractivity contribution is 0.621. The molecule has 0 unspecified atom stereocenters. The normalized spacial score (nSPS) is 12.6. The van der Waals surface area contributed by atoms with Gasteiger partial charge in [-0.1, -0.05) is 133 Å². The predicted molar refractivity (Wildman–Crippen MR) is 208 cm³/mol. The van der Waals surface area contributed by atoms with Crippen LogP contribution in [0.3, 0.4) is 0 Å². The summed E-state index contributed by atoms with van der Waals surface area (Å²) in [6, 6.07) is 56.9. The van der Waals surface area contributed by atoms with Crippen molar-refractivity contribution < 1.29 is 8.83 Å². The highest BCUT2D eigenvalue weighted by Crippen LogP contribution is 2.49. The van der Waals surface area contributed by atoms with Crippen LogP contribution in [0.25, 0.3) is 99.2 Å². The molecule has 0 aliphatic heterocycles. The molecule has 0 bridgehead atoms. The van der Waals surface area contributed by atoms with E-state index >= 15 is 0 Å². The fourth-order valence-electron chi connectivity index (χ4n) is 8.56. The van der Waals surface area contributed by atoms with E-state index in [-0.39, 0.29) is 0 Å². The molecule has 0 spiro atoms. The standard InChI is InChI=1S/C48H30O2/c1-2-11-33-30(10-1)24-26-40-47-39(17-9-19-44(47)50-48(33)40)46-37-15-5-3-13-35(37)45(36-14-4-6-16-38(36)46)31-22-20-29(21-23-31)32-25-27-43-41(28-32)34-12-7-8-18-42(34)49-43/h1-23,25,27-28H,24,26H2. The molecule has 0 N–H and O–H groups in total. The molecule has 2 heteroatoms. The molecule has 2 nitrogen and oxygen atoms in total. The van der Waals surface area contributed by atoms with Crippen molar-refractivity contribution >= 4 is 54.5 Å². The first-order valence-electron chi connectivity index (χ1n) is 17.4. The van der Waals surface area contributed by atoms with Gasteiger partial charge in [0.2, 0.25) is 0 Å². The number of fused-ring (bicyclic) bond motifs is 10. The molecule has 2 aromatic heterocycles. The Balaban J connectivity index is 1.11. The van der Waals surface area contributed by atoms with Crippen LogP contribution < -0.4 is 0 Å². The number of para-hydroxylation sites is 1. The van der Waals surface area contributed by atoms with Gasteiger partial charge in [-0.15, -0.1) is 0 Å². The average molecular weight is 639 g/mol. The van der Waals surface area contributed by atoms with E-state index in [9.17, 15) is 0 Å².